The Bertz CT molecular complexity index is 382. The average molecular weight is 246 g/mol. The molecule has 1 aromatic carbocycles. The molecule has 0 saturated heterocycles. The molecule has 1 fully saturated rings. The number of rotatable bonds is 7. The van der Waals surface area contributed by atoms with E-state index in [1.165, 1.54) is 24.0 Å². The van der Waals surface area contributed by atoms with Gasteiger partial charge in [-0.25, -0.2) is 0 Å². The van der Waals surface area contributed by atoms with Gasteiger partial charge in [0.2, 0.25) is 5.91 Å². The number of amides is 1. The van der Waals surface area contributed by atoms with E-state index in [0.717, 1.165) is 25.6 Å². The molecule has 1 amide bonds. The average Bonchev–Trinajstić information content (AvgIpc) is 3.18. The predicted molar refractivity (Wildman–Crippen MR) is 73.5 cm³/mol. The summed E-state index contributed by atoms with van der Waals surface area (Å²) in [6.07, 6.45) is 3.98. The van der Waals surface area contributed by atoms with Gasteiger partial charge in [0.1, 0.15) is 0 Å². The van der Waals surface area contributed by atoms with E-state index in [4.69, 9.17) is 0 Å². The Morgan fingerprint density at radius 1 is 1.22 bits per heavy atom. The molecule has 0 unspecified atom stereocenters. The highest BCUT2D eigenvalue weighted by atomic mass is 16.1. The molecule has 0 aliphatic heterocycles. The Hall–Kier alpha value is -1.35. The van der Waals surface area contributed by atoms with Crippen molar-refractivity contribution in [2.45, 2.75) is 38.6 Å². The van der Waals surface area contributed by atoms with Crippen molar-refractivity contribution in [1.29, 1.82) is 0 Å². The Labute approximate surface area is 109 Å². The first-order valence-corrected chi connectivity index (χ1v) is 6.79. The van der Waals surface area contributed by atoms with Gasteiger partial charge < -0.3 is 10.6 Å². The molecule has 98 valence electrons. The Morgan fingerprint density at radius 2 is 1.94 bits per heavy atom. The van der Waals surface area contributed by atoms with Gasteiger partial charge in [-0.2, -0.15) is 0 Å². The van der Waals surface area contributed by atoms with Gasteiger partial charge in [0, 0.05) is 25.6 Å². The standard InChI is InChI=1S/C15H22N2O/c1-12-2-4-13(5-3-12)6-9-15(18)17-11-10-16-14-7-8-14/h2-5,14,16H,6-11H2,1H3,(H,17,18). The van der Waals surface area contributed by atoms with Crippen molar-refractivity contribution in [2.24, 2.45) is 0 Å². The Balaban J connectivity index is 1.57. The lowest BCUT2D eigenvalue weighted by atomic mass is 10.1. The monoisotopic (exact) mass is 246 g/mol. The molecule has 0 heterocycles. The van der Waals surface area contributed by atoms with Crippen LogP contribution in [-0.2, 0) is 11.2 Å². The number of benzene rings is 1. The summed E-state index contributed by atoms with van der Waals surface area (Å²) in [4.78, 5) is 11.6. The topological polar surface area (TPSA) is 41.1 Å². The Morgan fingerprint density at radius 3 is 2.61 bits per heavy atom. The highest BCUT2D eigenvalue weighted by Crippen LogP contribution is 2.17. The number of carbonyl (C=O) groups excluding carboxylic acids is 1. The van der Waals surface area contributed by atoms with Crippen LogP contribution in [0.2, 0.25) is 0 Å². The Kier molecular flexibility index (Phi) is 4.76. The third-order valence-corrected chi connectivity index (χ3v) is 3.22. The van der Waals surface area contributed by atoms with Crippen LogP contribution in [0.1, 0.15) is 30.4 Å². The van der Waals surface area contributed by atoms with Gasteiger partial charge in [-0.15, -0.1) is 0 Å². The van der Waals surface area contributed by atoms with Crippen molar-refractivity contribution < 1.29 is 4.79 Å². The van der Waals surface area contributed by atoms with E-state index in [2.05, 4.69) is 41.8 Å². The lowest BCUT2D eigenvalue weighted by molar-refractivity contribution is -0.121. The van der Waals surface area contributed by atoms with Gasteiger partial charge in [-0.1, -0.05) is 29.8 Å². The van der Waals surface area contributed by atoms with Crippen molar-refractivity contribution >= 4 is 5.91 Å². The van der Waals surface area contributed by atoms with Crippen molar-refractivity contribution in [3.8, 4) is 0 Å². The van der Waals surface area contributed by atoms with E-state index in [0.29, 0.717) is 6.42 Å². The van der Waals surface area contributed by atoms with E-state index in [-0.39, 0.29) is 5.91 Å². The third-order valence-electron chi connectivity index (χ3n) is 3.22. The number of nitrogens with one attached hydrogen (secondary N) is 2. The summed E-state index contributed by atoms with van der Waals surface area (Å²) in [5.41, 5.74) is 2.49. The molecule has 1 aliphatic rings. The molecule has 1 saturated carbocycles. The van der Waals surface area contributed by atoms with Crippen molar-refractivity contribution in [3.05, 3.63) is 35.4 Å². The number of carbonyl (C=O) groups is 1. The van der Waals surface area contributed by atoms with E-state index in [1.54, 1.807) is 0 Å². The summed E-state index contributed by atoms with van der Waals surface area (Å²) in [6, 6.07) is 9.09. The molecule has 2 N–H and O–H groups in total. The summed E-state index contributed by atoms with van der Waals surface area (Å²) in [5, 5.41) is 6.32. The molecule has 3 heteroatoms. The zero-order valence-corrected chi connectivity index (χ0v) is 11.0. The van der Waals surface area contributed by atoms with E-state index >= 15 is 0 Å². The second-order valence-electron chi connectivity index (χ2n) is 5.06. The third kappa shape index (κ3) is 4.88. The summed E-state index contributed by atoms with van der Waals surface area (Å²) < 4.78 is 0. The smallest absolute Gasteiger partial charge is 0.220 e. The lowest BCUT2D eigenvalue weighted by Crippen LogP contribution is -2.32. The van der Waals surface area contributed by atoms with E-state index < -0.39 is 0 Å². The fourth-order valence-corrected chi connectivity index (χ4v) is 1.87. The SMILES string of the molecule is Cc1ccc(CCC(=O)NCCNC2CC2)cc1. The molecule has 1 aliphatic carbocycles. The minimum Gasteiger partial charge on any atom is -0.355 e. The summed E-state index contributed by atoms with van der Waals surface area (Å²) in [7, 11) is 0. The van der Waals surface area contributed by atoms with Gasteiger partial charge >= 0.3 is 0 Å². The van der Waals surface area contributed by atoms with Crippen LogP contribution in [0.25, 0.3) is 0 Å². The van der Waals surface area contributed by atoms with Gasteiger partial charge in [0.15, 0.2) is 0 Å². The van der Waals surface area contributed by atoms with Crippen LogP contribution in [0.3, 0.4) is 0 Å². The van der Waals surface area contributed by atoms with Gasteiger partial charge in [0.05, 0.1) is 0 Å². The second kappa shape index (κ2) is 6.55. The molecular formula is C15H22N2O. The second-order valence-corrected chi connectivity index (χ2v) is 5.06. The zero-order chi connectivity index (χ0) is 12.8. The number of hydrogen-bond acceptors (Lipinski definition) is 2. The molecule has 0 radical (unpaired) electrons. The van der Waals surface area contributed by atoms with Crippen LogP contribution in [0.5, 0.6) is 0 Å². The largest absolute Gasteiger partial charge is 0.355 e. The maximum Gasteiger partial charge on any atom is 0.220 e. The normalized spacial score (nSPS) is 14.5. The van der Waals surface area contributed by atoms with Crippen molar-refractivity contribution in [3.63, 3.8) is 0 Å². The van der Waals surface area contributed by atoms with E-state index in [9.17, 15) is 4.79 Å². The van der Waals surface area contributed by atoms with E-state index in [1.807, 2.05) is 0 Å². The number of aryl methyl sites for hydroxylation is 2. The summed E-state index contributed by atoms with van der Waals surface area (Å²) in [6.45, 7) is 3.70. The van der Waals surface area contributed by atoms with Crippen LogP contribution in [0, 0.1) is 6.92 Å². The first-order valence-electron chi connectivity index (χ1n) is 6.79. The number of hydrogen-bond donors (Lipinski definition) is 2. The van der Waals surface area contributed by atoms with Crippen molar-refractivity contribution in [2.75, 3.05) is 13.1 Å². The maximum absolute atomic E-state index is 11.6. The minimum absolute atomic E-state index is 0.146. The molecule has 2 rings (SSSR count). The molecule has 0 bridgehead atoms. The predicted octanol–water partition coefficient (Wildman–Crippen LogP) is 1.80. The maximum atomic E-state index is 11.6. The quantitative estimate of drug-likeness (QED) is 0.720. The molecule has 3 nitrogen and oxygen atoms in total. The van der Waals surface area contributed by atoms with Gasteiger partial charge in [0.25, 0.3) is 0 Å². The van der Waals surface area contributed by atoms with Crippen LogP contribution in [0.15, 0.2) is 24.3 Å². The van der Waals surface area contributed by atoms with Crippen LogP contribution < -0.4 is 10.6 Å². The molecule has 18 heavy (non-hydrogen) atoms. The fourth-order valence-electron chi connectivity index (χ4n) is 1.87. The zero-order valence-electron chi connectivity index (χ0n) is 11.0. The first kappa shape index (κ1) is 13.1. The summed E-state index contributed by atoms with van der Waals surface area (Å²) >= 11 is 0. The van der Waals surface area contributed by atoms with Crippen LogP contribution >= 0.6 is 0 Å². The molecule has 0 atom stereocenters. The minimum atomic E-state index is 0.146. The highest BCUT2D eigenvalue weighted by Gasteiger charge is 2.19. The van der Waals surface area contributed by atoms with Crippen LogP contribution in [0.4, 0.5) is 0 Å². The van der Waals surface area contributed by atoms with Gasteiger partial charge in [-0.05, 0) is 31.7 Å². The molecule has 0 aromatic heterocycles. The van der Waals surface area contributed by atoms with Gasteiger partial charge in [-0.3, -0.25) is 4.79 Å². The molecular weight excluding hydrogens is 224 g/mol. The lowest BCUT2D eigenvalue weighted by Gasteiger charge is -2.06. The fraction of sp³-hybridized carbons (Fsp3) is 0.533. The molecule has 1 aromatic rings. The van der Waals surface area contributed by atoms with Crippen molar-refractivity contribution in [1.82, 2.24) is 10.6 Å². The molecule has 0 spiro atoms. The highest BCUT2D eigenvalue weighted by molar-refractivity contribution is 5.76. The summed E-state index contributed by atoms with van der Waals surface area (Å²) in [5.74, 6) is 0.146. The first-order chi connectivity index (χ1) is 8.74. The van der Waals surface area contributed by atoms with Crippen LogP contribution in [-0.4, -0.2) is 25.0 Å².